The number of anilines is 1. The first kappa shape index (κ1) is 18.3. The summed E-state index contributed by atoms with van der Waals surface area (Å²) in [7, 11) is 0. The number of nitrogens with one attached hydrogen (secondary N) is 1. The van der Waals surface area contributed by atoms with Gasteiger partial charge in [-0.1, -0.05) is 29.8 Å². The molecule has 27 heavy (non-hydrogen) atoms. The quantitative estimate of drug-likeness (QED) is 0.760. The standard InChI is InChI=1S/C21H22ClFN2O2/c22-15-4-1-3-14(11-15)20-18(23)5-2-6-19(20)25(21(26)27)12-13-9-16-7-8-17(10-13)24-16/h1-6,11,13,16-17,24H,7-10,12H2,(H,26,27)/t13?,16-,17+. The van der Waals surface area contributed by atoms with E-state index in [1.54, 1.807) is 36.4 Å². The maximum atomic E-state index is 14.7. The van der Waals surface area contributed by atoms with E-state index in [1.807, 2.05) is 0 Å². The van der Waals surface area contributed by atoms with Gasteiger partial charge in [-0.3, -0.25) is 4.90 Å². The Hall–Kier alpha value is -2.11. The number of benzene rings is 2. The van der Waals surface area contributed by atoms with Crippen LogP contribution in [0, 0.1) is 11.7 Å². The Kier molecular flexibility index (Phi) is 5.06. The molecule has 1 unspecified atom stereocenters. The minimum Gasteiger partial charge on any atom is -0.465 e. The summed E-state index contributed by atoms with van der Waals surface area (Å²) in [4.78, 5) is 13.4. The maximum Gasteiger partial charge on any atom is 0.411 e. The average molecular weight is 389 g/mol. The van der Waals surface area contributed by atoms with Crippen molar-refractivity contribution in [2.24, 2.45) is 5.92 Å². The summed E-state index contributed by atoms with van der Waals surface area (Å²) in [6, 6.07) is 12.4. The summed E-state index contributed by atoms with van der Waals surface area (Å²) in [6.07, 6.45) is 3.17. The predicted molar refractivity (Wildman–Crippen MR) is 105 cm³/mol. The van der Waals surface area contributed by atoms with Gasteiger partial charge in [-0.15, -0.1) is 0 Å². The number of hydrogen-bond acceptors (Lipinski definition) is 2. The molecule has 4 nitrogen and oxygen atoms in total. The number of halogens is 2. The summed E-state index contributed by atoms with van der Waals surface area (Å²) >= 11 is 6.08. The third-order valence-electron chi connectivity index (χ3n) is 5.64. The van der Waals surface area contributed by atoms with Crippen LogP contribution in [0.2, 0.25) is 5.02 Å². The molecule has 0 saturated carbocycles. The average Bonchev–Trinajstić information content (AvgIpc) is 2.97. The van der Waals surface area contributed by atoms with Crippen LogP contribution in [-0.2, 0) is 0 Å². The van der Waals surface area contributed by atoms with Crippen molar-refractivity contribution in [3.8, 4) is 11.1 Å². The topological polar surface area (TPSA) is 52.6 Å². The van der Waals surface area contributed by atoms with Gasteiger partial charge < -0.3 is 10.4 Å². The molecule has 2 heterocycles. The van der Waals surface area contributed by atoms with Crippen molar-refractivity contribution < 1.29 is 14.3 Å². The molecule has 6 heteroatoms. The van der Waals surface area contributed by atoms with E-state index in [9.17, 15) is 14.3 Å². The Morgan fingerprint density at radius 1 is 1.19 bits per heavy atom. The van der Waals surface area contributed by atoms with Crippen molar-refractivity contribution in [1.82, 2.24) is 5.32 Å². The largest absolute Gasteiger partial charge is 0.465 e. The molecule has 3 atom stereocenters. The van der Waals surface area contributed by atoms with Gasteiger partial charge in [-0.25, -0.2) is 9.18 Å². The molecular formula is C21H22ClFN2O2. The van der Waals surface area contributed by atoms with Gasteiger partial charge in [-0.2, -0.15) is 0 Å². The Balaban J connectivity index is 1.69. The van der Waals surface area contributed by atoms with Gasteiger partial charge >= 0.3 is 6.09 Å². The van der Waals surface area contributed by atoms with E-state index in [0.29, 0.717) is 34.9 Å². The lowest BCUT2D eigenvalue weighted by molar-refractivity contribution is 0.198. The van der Waals surface area contributed by atoms with E-state index in [4.69, 9.17) is 11.6 Å². The molecule has 2 aromatic carbocycles. The highest BCUT2D eigenvalue weighted by Crippen LogP contribution is 2.37. The molecule has 0 radical (unpaired) electrons. The molecule has 2 bridgehead atoms. The van der Waals surface area contributed by atoms with Gasteiger partial charge in [0, 0.05) is 29.2 Å². The van der Waals surface area contributed by atoms with Gasteiger partial charge in [-0.05, 0) is 61.4 Å². The fourth-order valence-corrected chi connectivity index (χ4v) is 4.72. The highest BCUT2D eigenvalue weighted by molar-refractivity contribution is 6.30. The maximum absolute atomic E-state index is 14.7. The molecule has 4 rings (SSSR count). The minimum atomic E-state index is -1.06. The molecule has 1 amide bonds. The summed E-state index contributed by atoms with van der Waals surface area (Å²) in [5.74, 6) is -0.179. The second-order valence-electron chi connectivity index (χ2n) is 7.51. The van der Waals surface area contributed by atoms with E-state index in [1.165, 1.54) is 11.0 Å². The Labute approximate surface area is 162 Å². The zero-order chi connectivity index (χ0) is 19.0. The number of amides is 1. The number of piperidine rings is 1. The zero-order valence-electron chi connectivity index (χ0n) is 14.9. The van der Waals surface area contributed by atoms with E-state index >= 15 is 0 Å². The van der Waals surface area contributed by atoms with E-state index < -0.39 is 11.9 Å². The highest BCUT2D eigenvalue weighted by Gasteiger charge is 2.35. The normalized spacial score (nSPS) is 24.0. The van der Waals surface area contributed by atoms with Crippen LogP contribution >= 0.6 is 11.6 Å². The molecule has 2 N–H and O–H groups in total. The lowest BCUT2D eigenvalue weighted by atomic mass is 9.91. The second-order valence-corrected chi connectivity index (χ2v) is 7.95. The van der Waals surface area contributed by atoms with Crippen LogP contribution in [0.3, 0.4) is 0 Å². The van der Waals surface area contributed by atoms with Crippen LogP contribution in [0.25, 0.3) is 11.1 Å². The highest BCUT2D eigenvalue weighted by atomic mass is 35.5. The molecule has 2 aliphatic rings. The fraction of sp³-hybridized carbons (Fsp3) is 0.381. The van der Waals surface area contributed by atoms with Crippen molar-refractivity contribution >= 4 is 23.4 Å². The Bertz CT molecular complexity index is 848. The van der Waals surface area contributed by atoms with Crippen molar-refractivity contribution in [3.05, 3.63) is 53.3 Å². The molecule has 0 aliphatic carbocycles. The van der Waals surface area contributed by atoms with Crippen molar-refractivity contribution in [1.29, 1.82) is 0 Å². The lowest BCUT2D eigenvalue weighted by Gasteiger charge is -2.33. The first-order valence-electron chi connectivity index (χ1n) is 9.32. The smallest absolute Gasteiger partial charge is 0.411 e. The van der Waals surface area contributed by atoms with Crippen molar-refractivity contribution in [2.75, 3.05) is 11.4 Å². The summed E-state index contributed by atoms with van der Waals surface area (Å²) in [5.41, 5.74) is 1.22. The summed E-state index contributed by atoms with van der Waals surface area (Å²) in [5, 5.41) is 13.9. The number of nitrogens with zero attached hydrogens (tertiary/aromatic N) is 1. The number of rotatable bonds is 4. The Morgan fingerprint density at radius 3 is 2.56 bits per heavy atom. The van der Waals surface area contributed by atoms with Crippen LogP contribution < -0.4 is 10.2 Å². The summed E-state index contributed by atoms with van der Waals surface area (Å²) in [6.45, 7) is 0.376. The molecule has 2 saturated heterocycles. The Morgan fingerprint density at radius 2 is 1.89 bits per heavy atom. The van der Waals surface area contributed by atoms with Crippen LogP contribution in [0.5, 0.6) is 0 Å². The first-order chi connectivity index (χ1) is 13.0. The van der Waals surface area contributed by atoms with Gasteiger partial charge in [0.05, 0.1) is 5.69 Å². The van der Waals surface area contributed by atoms with Gasteiger partial charge in [0.15, 0.2) is 0 Å². The molecular weight excluding hydrogens is 367 g/mol. The molecule has 0 aromatic heterocycles. The van der Waals surface area contributed by atoms with Crippen molar-refractivity contribution in [3.63, 3.8) is 0 Å². The third kappa shape index (κ3) is 3.80. The predicted octanol–water partition coefficient (Wildman–Crippen LogP) is 5.16. The van der Waals surface area contributed by atoms with Crippen molar-refractivity contribution in [2.45, 2.75) is 37.8 Å². The van der Waals surface area contributed by atoms with Crippen LogP contribution in [0.1, 0.15) is 25.7 Å². The number of carbonyl (C=O) groups is 1. The summed E-state index contributed by atoms with van der Waals surface area (Å²) < 4.78 is 14.7. The van der Waals surface area contributed by atoms with Gasteiger partial charge in [0.2, 0.25) is 0 Å². The van der Waals surface area contributed by atoms with E-state index in [2.05, 4.69) is 5.32 Å². The molecule has 2 aromatic rings. The molecule has 0 spiro atoms. The minimum absolute atomic E-state index is 0.273. The number of carboxylic acid groups (broad SMARTS) is 1. The number of fused-ring (bicyclic) bond motifs is 2. The first-order valence-corrected chi connectivity index (χ1v) is 9.70. The third-order valence-corrected chi connectivity index (χ3v) is 5.87. The van der Waals surface area contributed by atoms with Crippen LogP contribution in [0.15, 0.2) is 42.5 Å². The lowest BCUT2D eigenvalue weighted by Crippen LogP contribution is -2.43. The molecule has 2 aliphatic heterocycles. The van der Waals surface area contributed by atoms with Crippen LogP contribution in [0.4, 0.5) is 14.9 Å². The van der Waals surface area contributed by atoms with Gasteiger partial charge in [0.1, 0.15) is 5.82 Å². The van der Waals surface area contributed by atoms with Crippen LogP contribution in [-0.4, -0.2) is 29.8 Å². The number of hydrogen-bond donors (Lipinski definition) is 2. The molecule has 2 fully saturated rings. The fourth-order valence-electron chi connectivity index (χ4n) is 4.53. The van der Waals surface area contributed by atoms with E-state index in [-0.39, 0.29) is 11.5 Å². The zero-order valence-corrected chi connectivity index (χ0v) is 15.6. The van der Waals surface area contributed by atoms with E-state index in [0.717, 1.165) is 25.7 Å². The SMILES string of the molecule is O=C(O)N(CC1C[C@H]2CC[C@@H](C1)N2)c1cccc(F)c1-c1cccc(Cl)c1. The molecule has 142 valence electrons. The van der Waals surface area contributed by atoms with Gasteiger partial charge in [0.25, 0.3) is 0 Å². The monoisotopic (exact) mass is 388 g/mol. The second kappa shape index (κ2) is 7.49.